The van der Waals surface area contributed by atoms with Gasteiger partial charge >= 0.3 is 0 Å². The minimum absolute atomic E-state index is 0.0237. The van der Waals surface area contributed by atoms with Gasteiger partial charge in [-0.3, -0.25) is 4.99 Å². The highest BCUT2D eigenvalue weighted by molar-refractivity contribution is 9.10. The summed E-state index contributed by atoms with van der Waals surface area (Å²) in [7, 11) is 0. The van der Waals surface area contributed by atoms with Gasteiger partial charge in [-0.1, -0.05) is 28.1 Å². The molecule has 126 valence electrons. The molecule has 0 saturated carbocycles. The number of hydrogen-bond donors (Lipinski definition) is 1. The highest BCUT2D eigenvalue weighted by atomic mass is 79.9. The Labute approximate surface area is 146 Å². The maximum absolute atomic E-state index is 6.21. The Morgan fingerprint density at radius 3 is 2.35 bits per heavy atom. The zero-order valence-corrected chi connectivity index (χ0v) is 14.9. The highest BCUT2D eigenvalue weighted by Crippen LogP contribution is 2.35. The van der Waals surface area contributed by atoms with Crippen molar-refractivity contribution in [2.75, 3.05) is 46.1 Å². The minimum Gasteiger partial charge on any atom is -0.381 e. The van der Waals surface area contributed by atoms with Crippen LogP contribution in [0.15, 0.2) is 33.7 Å². The molecule has 0 unspecified atom stereocenters. The fourth-order valence-electron chi connectivity index (χ4n) is 3.23. The van der Waals surface area contributed by atoms with E-state index in [1.807, 2.05) is 0 Å². The Bertz CT molecular complexity index is 535. The second-order valence-electron chi connectivity index (χ2n) is 6.17. The lowest BCUT2D eigenvalue weighted by molar-refractivity contribution is 0.0524. The van der Waals surface area contributed by atoms with Gasteiger partial charge in [-0.15, -0.1) is 0 Å². The van der Waals surface area contributed by atoms with Gasteiger partial charge in [0.1, 0.15) is 0 Å². The first-order valence-electron chi connectivity index (χ1n) is 8.16. The molecule has 0 amide bonds. The number of morpholine rings is 1. The van der Waals surface area contributed by atoms with Crippen molar-refractivity contribution in [3.05, 3.63) is 34.3 Å². The van der Waals surface area contributed by atoms with Crippen LogP contribution in [-0.4, -0.2) is 56.9 Å². The Kier molecular flexibility index (Phi) is 5.56. The van der Waals surface area contributed by atoms with E-state index in [4.69, 9.17) is 20.2 Å². The van der Waals surface area contributed by atoms with Gasteiger partial charge in [0.25, 0.3) is 0 Å². The van der Waals surface area contributed by atoms with Crippen LogP contribution in [0, 0.1) is 0 Å². The van der Waals surface area contributed by atoms with E-state index in [1.165, 1.54) is 5.56 Å². The molecule has 2 fully saturated rings. The Hall–Kier alpha value is -1.11. The summed E-state index contributed by atoms with van der Waals surface area (Å²) in [6.45, 7) is 5.37. The van der Waals surface area contributed by atoms with Crippen molar-refractivity contribution in [2.24, 2.45) is 10.7 Å². The predicted molar refractivity (Wildman–Crippen MR) is 94.8 cm³/mol. The number of aliphatic imine (C=N–C) groups is 1. The van der Waals surface area contributed by atoms with Gasteiger partial charge in [-0.2, -0.15) is 0 Å². The van der Waals surface area contributed by atoms with E-state index in [0.717, 1.165) is 56.8 Å². The summed E-state index contributed by atoms with van der Waals surface area (Å²) in [5.74, 6) is 0.635. The molecule has 23 heavy (non-hydrogen) atoms. The molecule has 0 atom stereocenters. The number of halogens is 1. The summed E-state index contributed by atoms with van der Waals surface area (Å²) in [4.78, 5) is 6.85. The molecule has 2 saturated heterocycles. The predicted octanol–water partition coefficient (Wildman–Crippen LogP) is 2.14. The summed E-state index contributed by atoms with van der Waals surface area (Å²) in [5, 5.41) is 0. The fourth-order valence-corrected chi connectivity index (χ4v) is 3.49. The van der Waals surface area contributed by atoms with Gasteiger partial charge in [0, 0.05) is 36.2 Å². The van der Waals surface area contributed by atoms with Crippen molar-refractivity contribution in [3.63, 3.8) is 0 Å². The third-order valence-corrected chi connectivity index (χ3v) is 5.31. The van der Waals surface area contributed by atoms with Crippen LogP contribution in [0.5, 0.6) is 0 Å². The molecule has 2 N–H and O–H groups in total. The SMILES string of the molecule is NC(=NCC1(c2ccc(Br)cc2)CCOCC1)N1CCOCC1. The molecule has 6 heteroatoms. The summed E-state index contributed by atoms with van der Waals surface area (Å²) in [5.41, 5.74) is 7.55. The van der Waals surface area contributed by atoms with Crippen molar-refractivity contribution < 1.29 is 9.47 Å². The molecule has 0 spiro atoms. The van der Waals surface area contributed by atoms with Crippen molar-refractivity contribution in [2.45, 2.75) is 18.3 Å². The van der Waals surface area contributed by atoms with Crippen LogP contribution in [0.4, 0.5) is 0 Å². The lowest BCUT2D eigenvalue weighted by Gasteiger charge is -2.37. The highest BCUT2D eigenvalue weighted by Gasteiger charge is 2.34. The number of ether oxygens (including phenoxy) is 2. The van der Waals surface area contributed by atoms with Crippen molar-refractivity contribution in [1.29, 1.82) is 0 Å². The standard InChI is InChI=1S/C17H24BrN3O2/c18-15-3-1-14(2-4-15)17(5-9-22-10-6-17)13-20-16(19)21-7-11-23-12-8-21/h1-4H,5-13H2,(H2,19,20). The normalized spacial score (nSPS) is 22.1. The molecule has 1 aromatic carbocycles. The maximum atomic E-state index is 6.21. The lowest BCUT2D eigenvalue weighted by atomic mass is 9.74. The molecule has 0 aromatic heterocycles. The number of rotatable bonds is 3. The second kappa shape index (κ2) is 7.64. The van der Waals surface area contributed by atoms with Gasteiger partial charge < -0.3 is 20.1 Å². The third kappa shape index (κ3) is 4.05. The lowest BCUT2D eigenvalue weighted by Crippen LogP contribution is -2.46. The van der Waals surface area contributed by atoms with E-state index in [-0.39, 0.29) is 5.41 Å². The molecule has 1 aromatic rings. The summed E-state index contributed by atoms with van der Waals surface area (Å²) in [6.07, 6.45) is 1.96. The van der Waals surface area contributed by atoms with Gasteiger partial charge in [0.05, 0.1) is 19.8 Å². The smallest absolute Gasteiger partial charge is 0.191 e. The number of nitrogens with two attached hydrogens (primary N) is 1. The van der Waals surface area contributed by atoms with Crippen LogP contribution in [0.1, 0.15) is 18.4 Å². The van der Waals surface area contributed by atoms with E-state index in [0.29, 0.717) is 12.5 Å². The number of hydrogen-bond acceptors (Lipinski definition) is 3. The van der Waals surface area contributed by atoms with Crippen LogP contribution in [0.3, 0.4) is 0 Å². The average molecular weight is 382 g/mol. The molecule has 0 aliphatic carbocycles. The van der Waals surface area contributed by atoms with E-state index in [1.54, 1.807) is 0 Å². The maximum Gasteiger partial charge on any atom is 0.191 e. The van der Waals surface area contributed by atoms with Crippen molar-refractivity contribution >= 4 is 21.9 Å². The van der Waals surface area contributed by atoms with Gasteiger partial charge in [-0.05, 0) is 30.5 Å². The van der Waals surface area contributed by atoms with Crippen LogP contribution in [0.25, 0.3) is 0 Å². The molecule has 2 heterocycles. The number of guanidine groups is 1. The largest absolute Gasteiger partial charge is 0.381 e. The zero-order valence-electron chi connectivity index (χ0n) is 13.3. The van der Waals surface area contributed by atoms with Gasteiger partial charge in [-0.25, -0.2) is 0 Å². The molecule has 2 aliphatic heterocycles. The topological polar surface area (TPSA) is 60.1 Å². The van der Waals surface area contributed by atoms with Crippen LogP contribution in [-0.2, 0) is 14.9 Å². The average Bonchev–Trinajstić information content (AvgIpc) is 2.62. The quantitative estimate of drug-likeness (QED) is 0.643. The molecule has 5 nitrogen and oxygen atoms in total. The van der Waals surface area contributed by atoms with Crippen LogP contribution < -0.4 is 5.73 Å². The van der Waals surface area contributed by atoms with Crippen molar-refractivity contribution in [3.8, 4) is 0 Å². The first-order chi connectivity index (χ1) is 11.2. The molecule has 0 bridgehead atoms. The number of benzene rings is 1. The monoisotopic (exact) mass is 381 g/mol. The first-order valence-corrected chi connectivity index (χ1v) is 8.95. The van der Waals surface area contributed by atoms with E-state index < -0.39 is 0 Å². The third-order valence-electron chi connectivity index (χ3n) is 4.79. The number of nitrogens with zero attached hydrogens (tertiary/aromatic N) is 2. The molecular formula is C17H24BrN3O2. The second-order valence-corrected chi connectivity index (χ2v) is 7.09. The zero-order chi connectivity index (χ0) is 16.1. The van der Waals surface area contributed by atoms with Crippen LogP contribution in [0.2, 0.25) is 0 Å². The fraction of sp³-hybridized carbons (Fsp3) is 0.588. The van der Waals surface area contributed by atoms with Gasteiger partial charge in [0.2, 0.25) is 0 Å². The Balaban J connectivity index is 1.77. The van der Waals surface area contributed by atoms with E-state index in [2.05, 4.69) is 45.1 Å². The minimum atomic E-state index is 0.0237. The van der Waals surface area contributed by atoms with Gasteiger partial charge in [0.15, 0.2) is 5.96 Å². The Morgan fingerprint density at radius 2 is 1.70 bits per heavy atom. The molecule has 2 aliphatic rings. The first kappa shape index (κ1) is 16.7. The molecular weight excluding hydrogens is 358 g/mol. The van der Waals surface area contributed by atoms with Crippen molar-refractivity contribution in [1.82, 2.24) is 4.90 Å². The van der Waals surface area contributed by atoms with E-state index in [9.17, 15) is 0 Å². The summed E-state index contributed by atoms with van der Waals surface area (Å²) in [6, 6.07) is 8.58. The summed E-state index contributed by atoms with van der Waals surface area (Å²) >= 11 is 3.51. The van der Waals surface area contributed by atoms with E-state index >= 15 is 0 Å². The van der Waals surface area contributed by atoms with Crippen LogP contribution >= 0.6 is 15.9 Å². The molecule has 3 rings (SSSR count). The summed E-state index contributed by atoms with van der Waals surface area (Å²) < 4.78 is 12.0. The molecule has 0 radical (unpaired) electrons. The Morgan fingerprint density at radius 1 is 1.09 bits per heavy atom.